The van der Waals surface area contributed by atoms with E-state index in [1.54, 1.807) is 6.92 Å². The Hall–Kier alpha value is -3.67. The van der Waals surface area contributed by atoms with E-state index in [9.17, 15) is 23.1 Å². The fraction of sp³-hybridized carbons (Fsp3) is 0.333. The first kappa shape index (κ1) is 21.2. The van der Waals surface area contributed by atoms with Gasteiger partial charge in [-0.25, -0.2) is 14.5 Å². The van der Waals surface area contributed by atoms with Crippen LogP contribution in [0.15, 0.2) is 35.0 Å². The maximum Gasteiger partial charge on any atom is 0.433 e. The van der Waals surface area contributed by atoms with E-state index in [0.29, 0.717) is 17.8 Å². The number of pyridine rings is 1. The smallest absolute Gasteiger partial charge is 0.432 e. The van der Waals surface area contributed by atoms with Crippen LogP contribution in [0.5, 0.6) is 0 Å². The Morgan fingerprint density at radius 1 is 1.36 bits per heavy atom. The van der Waals surface area contributed by atoms with Crippen LogP contribution in [0.25, 0.3) is 5.52 Å². The quantitative estimate of drug-likeness (QED) is 0.486. The highest BCUT2D eigenvalue weighted by atomic mass is 19.4. The molecule has 5 rings (SSSR count). The van der Waals surface area contributed by atoms with E-state index < -0.39 is 29.9 Å². The number of hydrogen-bond donors (Lipinski definition) is 2. The van der Waals surface area contributed by atoms with Gasteiger partial charge in [-0.15, -0.1) is 0 Å². The number of nitrogens with zero attached hydrogens (tertiary/aromatic N) is 5. The zero-order valence-corrected chi connectivity index (χ0v) is 17.6. The Balaban J connectivity index is 1.63. The molecule has 1 aliphatic heterocycles. The van der Waals surface area contributed by atoms with Crippen LogP contribution in [0.3, 0.4) is 0 Å². The van der Waals surface area contributed by atoms with Crippen molar-refractivity contribution in [2.75, 3.05) is 6.54 Å². The lowest BCUT2D eigenvalue weighted by Crippen LogP contribution is -2.41. The van der Waals surface area contributed by atoms with Gasteiger partial charge in [-0.05, 0) is 32.0 Å². The van der Waals surface area contributed by atoms with Crippen molar-refractivity contribution in [3.05, 3.63) is 70.7 Å². The number of nitrogens with one attached hydrogen (secondary N) is 1. The SMILES string of the molecule is Cc1nc(C(C)O)oc1C(=O)N1CCc2[nH]cnc2C1c1cc2cccc(C(F)(F)F)n2n1. The number of hydrogen-bond acceptors (Lipinski definition) is 6. The van der Waals surface area contributed by atoms with Crippen molar-refractivity contribution >= 4 is 11.4 Å². The second kappa shape index (κ2) is 7.44. The van der Waals surface area contributed by atoms with Crippen LogP contribution < -0.4 is 0 Å². The van der Waals surface area contributed by atoms with Crippen molar-refractivity contribution in [3.8, 4) is 0 Å². The number of aryl methyl sites for hydroxylation is 1. The molecule has 172 valence electrons. The van der Waals surface area contributed by atoms with E-state index in [1.165, 1.54) is 36.4 Å². The monoisotopic (exact) mass is 460 g/mol. The molecule has 4 aromatic heterocycles. The lowest BCUT2D eigenvalue weighted by atomic mass is 9.99. The van der Waals surface area contributed by atoms with Gasteiger partial charge in [0.2, 0.25) is 11.7 Å². The van der Waals surface area contributed by atoms with Crippen LogP contribution in [0.1, 0.15) is 64.0 Å². The normalized spacial score (nSPS) is 17.4. The molecule has 33 heavy (non-hydrogen) atoms. The van der Waals surface area contributed by atoms with Crippen LogP contribution in [0, 0.1) is 6.92 Å². The summed E-state index contributed by atoms with van der Waals surface area (Å²) >= 11 is 0. The Morgan fingerprint density at radius 3 is 2.85 bits per heavy atom. The van der Waals surface area contributed by atoms with E-state index in [-0.39, 0.29) is 29.4 Å². The minimum absolute atomic E-state index is 0.00687. The van der Waals surface area contributed by atoms with E-state index in [1.807, 2.05) is 0 Å². The minimum atomic E-state index is -4.60. The summed E-state index contributed by atoms with van der Waals surface area (Å²) in [5, 5.41) is 14.0. The fourth-order valence-electron chi connectivity index (χ4n) is 4.10. The number of fused-ring (bicyclic) bond motifs is 2. The summed E-state index contributed by atoms with van der Waals surface area (Å²) < 4.78 is 46.9. The highest BCUT2D eigenvalue weighted by Gasteiger charge is 2.39. The zero-order chi connectivity index (χ0) is 23.5. The Bertz CT molecular complexity index is 1350. The van der Waals surface area contributed by atoms with Gasteiger partial charge in [-0.2, -0.15) is 18.3 Å². The number of oxazole rings is 1. The summed E-state index contributed by atoms with van der Waals surface area (Å²) in [6, 6.07) is 4.44. The standard InChI is InChI=1S/C21H19F3N6O3/c1-10-18(33-19(27-10)11(2)31)20(32)29-7-6-13-16(26-9-25-13)17(29)14-8-12-4-3-5-15(21(22,23)24)30(12)28-14/h3-5,8-9,11,17,31H,6-7H2,1-2H3,(H,25,26). The molecule has 1 amide bonds. The number of aliphatic hydroxyl groups excluding tert-OH is 1. The largest absolute Gasteiger partial charge is 0.433 e. The Kier molecular flexibility index (Phi) is 4.78. The van der Waals surface area contributed by atoms with Gasteiger partial charge in [0.1, 0.15) is 17.8 Å². The second-order valence-electron chi connectivity index (χ2n) is 7.87. The molecule has 2 N–H and O–H groups in total. The number of halogens is 3. The molecule has 2 atom stereocenters. The van der Waals surface area contributed by atoms with Crippen molar-refractivity contribution in [1.82, 2.24) is 29.5 Å². The Labute approximate surface area is 184 Å². The van der Waals surface area contributed by atoms with Crippen LogP contribution in [-0.2, 0) is 12.6 Å². The number of aromatic nitrogens is 5. The number of rotatable bonds is 3. The first-order chi connectivity index (χ1) is 15.6. The van der Waals surface area contributed by atoms with Crippen molar-refractivity contribution < 1.29 is 27.5 Å². The third-order valence-electron chi connectivity index (χ3n) is 5.63. The number of carbonyl (C=O) groups excluding carboxylic acids is 1. The molecule has 5 heterocycles. The van der Waals surface area contributed by atoms with Gasteiger partial charge in [-0.3, -0.25) is 4.79 Å². The van der Waals surface area contributed by atoms with Gasteiger partial charge in [0.25, 0.3) is 5.91 Å². The lowest BCUT2D eigenvalue weighted by molar-refractivity contribution is -0.142. The van der Waals surface area contributed by atoms with Gasteiger partial charge < -0.3 is 19.4 Å². The molecule has 0 radical (unpaired) electrons. The lowest BCUT2D eigenvalue weighted by Gasteiger charge is -2.33. The molecule has 1 aliphatic rings. The van der Waals surface area contributed by atoms with Crippen molar-refractivity contribution in [2.45, 2.75) is 38.6 Å². The van der Waals surface area contributed by atoms with Crippen molar-refractivity contribution in [3.63, 3.8) is 0 Å². The summed E-state index contributed by atoms with van der Waals surface area (Å²) in [5.41, 5.74) is 1.13. The van der Waals surface area contributed by atoms with Crippen molar-refractivity contribution in [2.24, 2.45) is 0 Å². The number of aliphatic hydroxyl groups is 1. The number of H-pyrrole nitrogens is 1. The molecule has 0 aliphatic carbocycles. The number of aromatic amines is 1. The third-order valence-corrected chi connectivity index (χ3v) is 5.63. The average molecular weight is 460 g/mol. The minimum Gasteiger partial charge on any atom is -0.432 e. The number of amides is 1. The average Bonchev–Trinajstić information content (AvgIpc) is 3.48. The number of carbonyl (C=O) groups is 1. The van der Waals surface area contributed by atoms with E-state index in [2.05, 4.69) is 20.1 Å². The molecular formula is C21H19F3N6O3. The first-order valence-electron chi connectivity index (χ1n) is 10.2. The van der Waals surface area contributed by atoms with Gasteiger partial charge >= 0.3 is 6.18 Å². The van der Waals surface area contributed by atoms with Gasteiger partial charge in [-0.1, -0.05) is 6.07 Å². The second-order valence-corrected chi connectivity index (χ2v) is 7.87. The van der Waals surface area contributed by atoms with Crippen molar-refractivity contribution in [1.29, 1.82) is 0 Å². The number of imidazole rings is 1. The van der Waals surface area contributed by atoms with Crippen LogP contribution in [0.2, 0.25) is 0 Å². The molecule has 2 unspecified atom stereocenters. The third kappa shape index (κ3) is 3.46. The molecule has 9 nitrogen and oxygen atoms in total. The fourth-order valence-corrected chi connectivity index (χ4v) is 4.10. The molecule has 12 heteroatoms. The van der Waals surface area contributed by atoms with E-state index in [0.717, 1.165) is 16.3 Å². The molecule has 0 spiro atoms. The van der Waals surface area contributed by atoms with Crippen LogP contribution in [-0.4, -0.2) is 47.0 Å². The van der Waals surface area contributed by atoms with Gasteiger partial charge in [0, 0.05) is 18.7 Å². The van der Waals surface area contributed by atoms with Crippen LogP contribution in [0.4, 0.5) is 13.2 Å². The predicted octanol–water partition coefficient (Wildman–Crippen LogP) is 3.21. The maximum atomic E-state index is 13.5. The van der Waals surface area contributed by atoms with E-state index >= 15 is 0 Å². The summed E-state index contributed by atoms with van der Waals surface area (Å²) in [4.78, 5) is 26.4. The predicted molar refractivity (Wildman–Crippen MR) is 107 cm³/mol. The van der Waals surface area contributed by atoms with Crippen LogP contribution >= 0.6 is 0 Å². The molecule has 0 aromatic carbocycles. The first-order valence-corrected chi connectivity index (χ1v) is 10.2. The molecule has 0 bridgehead atoms. The summed E-state index contributed by atoms with van der Waals surface area (Å²) in [6.07, 6.45) is -3.65. The highest BCUT2D eigenvalue weighted by molar-refractivity contribution is 5.93. The zero-order valence-electron chi connectivity index (χ0n) is 17.6. The highest BCUT2D eigenvalue weighted by Crippen LogP contribution is 2.36. The molecule has 0 fully saturated rings. The van der Waals surface area contributed by atoms with Gasteiger partial charge in [0.15, 0.2) is 0 Å². The molecule has 0 saturated carbocycles. The molecule has 0 saturated heterocycles. The summed E-state index contributed by atoms with van der Waals surface area (Å²) in [5.74, 6) is -0.555. The number of alkyl halides is 3. The topological polar surface area (TPSA) is 113 Å². The maximum absolute atomic E-state index is 13.5. The van der Waals surface area contributed by atoms with Gasteiger partial charge in [0.05, 0.1) is 28.9 Å². The summed E-state index contributed by atoms with van der Waals surface area (Å²) in [6.45, 7) is 3.30. The summed E-state index contributed by atoms with van der Waals surface area (Å²) in [7, 11) is 0. The van der Waals surface area contributed by atoms with E-state index in [4.69, 9.17) is 4.42 Å². The molecular weight excluding hydrogens is 441 g/mol. The molecule has 4 aromatic rings. The Morgan fingerprint density at radius 2 is 2.15 bits per heavy atom.